The number of aromatic nitrogens is 2. The van der Waals surface area contributed by atoms with Crippen molar-refractivity contribution in [3.05, 3.63) is 40.0 Å². The van der Waals surface area contributed by atoms with Gasteiger partial charge in [-0.05, 0) is 40.0 Å². The number of aryl methyl sites for hydroxylation is 1. The van der Waals surface area contributed by atoms with Crippen LogP contribution in [-0.2, 0) is 6.42 Å². The van der Waals surface area contributed by atoms with E-state index in [0.717, 1.165) is 44.0 Å². The SMILES string of the molecule is O=C1CCc2c1ccc1c2[nH]c2cc(Br)cnc21. The number of benzene rings is 1. The summed E-state index contributed by atoms with van der Waals surface area (Å²) in [6, 6.07) is 5.95. The predicted octanol–water partition coefficient (Wildman–Crippen LogP) is 3.61. The Labute approximate surface area is 111 Å². The van der Waals surface area contributed by atoms with Crippen molar-refractivity contribution in [2.75, 3.05) is 0 Å². The number of fused-ring (bicyclic) bond motifs is 5. The Bertz CT molecular complexity index is 819. The highest BCUT2D eigenvalue weighted by molar-refractivity contribution is 9.10. The monoisotopic (exact) mass is 300 g/mol. The number of ketones is 1. The third-order valence-electron chi connectivity index (χ3n) is 3.58. The molecule has 0 spiro atoms. The van der Waals surface area contributed by atoms with Gasteiger partial charge >= 0.3 is 0 Å². The van der Waals surface area contributed by atoms with Crippen LogP contribution in [0.1, 0.15) is 22.3 Å². The van der Waals surface area contributed by atoms with Crippen molar-refractivity contribution >= 4 is 43.6 Å². The van der Waals surface area contributed by atoms with Crippen LogP contribution in [0.3, 0.4) is 0 Å². The van der Waals surface area contributed by atoms with E-state index in [-0.39, 0.29) is 5.78 Å². The van der Waals surface area contributed by atoms with Crippen molar-refractivity contribution in [1.82, 2.24) is 9.97 Å². The second-order valence-electron chi connectivity index (χ2n) is 4.61. The first-order valence-electron chi connectivity index (χ1n) is 5.86. The van der Waals surface area contributed by atoms with Crippen LogP contribution < -0.4 is 0 Å². The van der Waals surface area contributed by atoms with Crippen LogP contribution in [0.15, 0.2) is 28.9 Å². The highest BCUT2D eigenvalue weighted by Crippen LogP contribution is 2.33. The minimum atomic E-state index is 0.250. The molecule has 2 heterocycles. The summed E-state index contributed by atoms with van der Waals surface area (Å²) < 4.78 is 0.953. The van der Waals surface area contributed by atoms with Crippen LogP contribution in [-0.4, -0.2) is 15.8 Å². The van der Waals surface area contributed by atoms with Crippen molar-refractivity contribution in [3.8, 4) is 0 Å². The van der Waals surface area contributed by atoms with E-state index in [0.29, 0.717) is 6.42 Å². The zero-order chi connectivity index (χ0) is 12.3. The molecule has 4 rings (SSSR count). The summed E-state index contributed by atoms with van der Waals surface area (Å²) >= 11 is 3.43. The van der Waals surface area contributed by atoms with Gasteiger partial charge in [-0.3, -0.25) is 9.78 Å². The van der Waals surface area contributed by atoms with Gasteiger partial charge in [-0.1, -0.05) is 6.07 Å². The molecule has 0 saturated heterocycles. The van der Waals surface area contributed by atoms with Crippen molar-refractivity contribution < 1.29 is 4.79 Å². The standard InChI is InChI=1S/C14H9BrN2O/c15-7-5-11-14(16-6-7)10-2-1-8-9(13(10)17-11)3-4-12(8)18/h1-2,5-6,17H,3-4H2. The van der Waals surface area contributed by atoms with Crippen LogP contribution in [0.5, 0.6) is 0 Å². The van der Waals surface area contributed by atoms with E-state index in [2.05, 4.69) is 25.9 Å². The molecule has 3 aromatic rings. The maximum atomic E-state index is 11.7. The third kappa shape index (κ3) is 1.24. The number of nitrogens with zero attached hydrogens (tertiary/aromatic N) is 1. The fraction of sp³-hybridized carbons (Fsp3) is 0.143. The smallest absolute Gasteiger partial charge is 0.163 e. The van der Waals surface area contributed by atoms with E-state index < -0.39 is 0 Å². The highest BCUT2D eigenvalue weighted by Gasteiger charge is 2.23. The molecular formula is C14H9BrN2O. The van der Waals surface area contributed by atoms with E-state index in [4.69, 9.17) is 0 Å². The summed E-state index contributed by atoms with van der Waals surface area (Å²) in [5, 5.41) is 1.10. The summed E-state index contributed by atoms with van der Waals surface area (Å²) in [7, 11) is 0. The molecule has 2 aromatic heterocycles. The molecule has 0 fully saturated rings. The lowest BCUT2D eigenvalue weighted by atomic mass is 10.1. The van der Waals surface area contributed by atoms with Gasteiger partial charge in [-0.15, -0.1) is 0 Å². The molecule has 1 N–H and O–H groups in total. The third-order valence-corrected chi connectivity index (χ3v) is 4.02. The van der Waals surface area contributed by atoms with Crippen molar-refractivity contribution in [2.45, 2.75) is 12.8 Å². The van der Waals surface area contributed by atoms with E-state index in [1.165, 1.54) is 0 Å². The molecule has 18 heavy (non-hydrogen) atoms. The highest BCUT2D eigenvalue weighted by atomic mass is 79.9. The van der Waals surface area contributed by atoms with Crippen LogP contribution in [0.4, 0.5) is 0 Å². The summed E-state index contributed by atoms with van der Waals surface area (Å²) in [5.74, 6) is 0.250. The molecule has 3 nitrogen and oxygen atoms in total. The Hall–Kier alpha value is -1.68. The van der Waals surface area contributed by atoms with Crippen molar-refractivity contribution in [1.29, 1.82) is 0 Å². The first-order chi connectivity index (χ1) is 8.74. The summed E-state index contributed by atoms with van der Waals surface area (Å²) in [6.07, 6.45) is 3.26. The number of aromatic amines is 1. The maximum absolute atomic E-state index is 11.7. The predicted molar refractivity (Wildman–Crippen MR) is 74.0 cm³/mol. The molecule has 0 radical (unpaired) electrons. The molecule has 0 bridgehead atoms. The minimum absolute atomic E-state index is 0.250. The molecule has 0 saturated carbocycles. The Morgan fingerprint density at radius 1 is 1.28 bits per heavy atom. The molecule has 1 aromatic carbocycles. The number of hydrogen-bond acceptors (Lipinski definition) is 2. The number of halogens is 1. The van der Waals surface area contributed by atoms with Gasteiger partial charge in [0.2, 0.25) is 0 Å². The Morgan fingerprint density at radius 3 is 3.06 bits per heavy atom. The number of Topliss-reactive ketones (excluding diaryl/α,β-unsaturated/α-hetero) is 1. The number of hydrogen-bond donors (Lipinski definition) is 1. The molecule has 1 aliphatic carbocycles. The molecule has 4 heteroatoms. The van der Waals surface area contributed by atoms with Gasteiger partial charge in [-0.2, -0.15) is 0 Å². The van der Waals surface area contributed by atoms with E-state index >= 15 is 0 Å². The van der Waals surface area contributed by atoms with Crippen LogP contribution >= 0.6 is 15.9 Å². The van der Waals surface area contributed by atoms with Crippen LogP contribution in [0.25, 0.3) is 21.9 Å². The lowest BCUT2D eigenvalue weighted by Gasteiger charge is -1.98. The summed E-state index contributed by atoms with van der Waals surface area (Å²) in [4.78, 5) is 19.6. The number of nitrogens with one attached hydrogen (secondary N) is 1. The van der Waals surface area contributed by atoms with Gasteiger partial charge < -0.3 is 4.98 Å². The van der Waals surface area contributed by atoms with Gasteiger partial charge in [0.15, 0.2) is 5.78 Å². The maximum Gasteiger partial charge on any atom is 0.163 e. The van der Waals surface area contributed by atoms with Gasteiger partial charge in [0, 0.05) is 28.0 Å². The molecule has 0 atom stereocenters. The number of carbonyl (C=O) groups excluding carboxylic acids is 1. The summed E-state index contributed by atoms with van der Waals surface area (Å²) in [6.45, 7) is 0. The van der Waals surface area contributed by atoms with Crippen LogP contribution in [0, 0.1) is 0 Å². The Kier molecular flexibility index (Phi) is 1.95. The summed E-state index contributed by atoms with van der Waals surface area (Å²) in [5.41, 5.74) is 5.06. The average Bonchev–Trinajstić information content (AvgIpc) is 2.89. The quantitative estimate of drug-likeness (QED) is 0.689. The van der Waals surface area contributed by atoms with Gasteiger partial charge in [0.05, 0.1) is 16.6 Å². The molecule has 0 unspecified atom stereocenters. The number of pyridine rings is 1. The molecule has 0 aliphatic heterocycles. The fourth-order valence-electron chi connectivity index (χ4n) is 2.77. The Balaban J connectivity index is 2.18. The van der Waals surface area contributed by atoms with E-state index in [1.54, 1.807) is 6.20 Å². The van der Waals surface area contributed by atoms with Gasteiger partial charge in [-0.25, -0.2) is 0 Å². The average molecular weight is 301 g/mol. The van der Waals surface area contributed by atoms with Crippen LogP contribution in [0.2, 0.25) is 0 Å². The second kappa shape index (κ2) is 3.42. The number of rotatable bonds is 0. The first kappa shape index (κ1) is 10.3. The first-order valence-corrected chi connectivity index (χ1v) is 6.65. The zero-order valence-corrected chi connectivity index (χ0v) is 11.0. The van der Waals surface area contributed by atoms with Gasteiger partial charge in [0.25, 0.3) is 0 Å². The minimum Gasteiger partial charge on any atom is -0.353 e. The molecule has 88 valence electrons. The van der Waals surface area contributed by atoms with E-state index in [9.17, 15) is 4.79 Å². The second-order valence-corrected chi connectivity index (χ2v) is 5.53. The van der Waals surface area contributed by atoms with Crippen molar-refractivity contribution in [3.63, 3.8) is 0 Å². The lowest BCUT2D eigenvalue weighted by molar-refractivity contribution is 0.0994. The van der Waals surface area contributed by atoms with Crippen molar-refractivity contribution in [2.24, 2.45) is 0 Å². The lowest BCUT2D eigenvalue weighted by Crippen LogP contribution is -1.90. The fourth-order valence-corrected chi connectivity index (χ4v) is 3.10. The largest absolute Gasteiger partial charge is 0.353 e. The molecular weight excluding hydrogens is 292 g/mol. The van der Waals surface area contributed by atoms with Gasteiger partial charge in [0.1, 0.15) is 0 Å². The number of H-pyrrole nitrogens is 1. The normalized spacial score (nSPS) is 14.6. The molecule has 0 amide bonds. The molecule has 1 aliphatic rings. The topological polar surface area (TPSA) is 45.8 Å². The zero-order valence-electron chi connectivity index (χ0n) is 9.46. The van der Waals surface area contributed by atoms with E-state index in [1.807, 2.05) is 18.2 Å². The Morgan fingerprint density at radius 2 is 2.17 bits per heavy atom. The number of carbonyl (C=O) groups is 1.